The first-order valence-electron chi connectivity index (χ1n) is 11.5. The number of rotatable bonds is 4. The van der Waals surface area contributed by atoms with Gasteiger partial charge in [-0.15, -0.1) is 0 Å². The molecule has 33 heavy (non-hydrogen) atoms. The summed E-state index contributed by atoms with van der Waals surface area (Å²) < 4.78 is 2.03. The van der Waals surface area contributed by atoms with Crippen molar-refractivity contribution >= 4 is 28.5 Å². The molecule has 1 unspecified atom stereocenters. The Balaban J connectivity index is 1.36. The minimum atomic E-state index is -0.233. The number of primary amides is 1. The standard InChI is InChI=1S/C26H26N6O/c27-24-23-22(31-26(32(23)11-10-29-24)19-12-18(13-19)25(28)33)17-7-6-16-8-9-20(30-21(16)14-17)15-4-2-1-3-5-15/h2,4-11,18-19,21H,1,3,12-14H2,(H2,27,29)(H2,28,33)/t18-,19-,21?. The van der Waals surface area contributed by atoms with Crippen molar-refractivity contribution in [3.63, 3.8) is 0 Å². The van der Waals surface area contributed by atoms with Crippen LogP contribution in [0.25, 0.3) is 11.1 Å². The van der Waals surface area contributed by atoms with Gasteiger partial charge in [-0.25, -0.2) is 9.97 Å². The number of nitrogens with two attached hydrogens (primary N) is 2. The van der Waals surface area contributed by atoms with Crippen LogP contribution in [-0.4, -0.2) is 32.0 Å². The maximum Gasteiger partial charge on any atom is 0.220 e. The number of nitrogen functional groups attached to an aromatic ring is 1. The lowest BCUT2D eigenvalue weighted by Gasteiger charge is -2.32. The number of fused-ring (bicyclic) bond motifs is 2. The van der Waals surface area contributed by atoms with E-state index in [1.54, 1.807) is 6.20 Å². The van der Waals surface area contributed by atoms with E-state index in [1.807, 2.05) is 10.6 Å². The smallest absolute Gasteiger partial charge is 0.220 e. The number of aliphatic imine (C=N–C) groups is 1. The third-order valence-corrected chi connectivity index (χ3v) is 7.11. The van der Waals surface area contributed by atoms with Crippen LogP contribution in [0, 0.1) is 5.92 Å². The number of anilines is 1. The van der Waals surface area contributed by atoms with Gasteiger partial charge >= 0.3 is 0 Å². The van der Waals surface area contributed by atoms with Gasteiger partial charge in [0.05, 0.1) is 17.4 Å². The number of allylic oxidation sites excluding steroid dienone is 7. The summed E-state index contributed by atoms with van der Waals surface area (Å²) in [4.78, 5) is 26.0. The van der Waals surface area contributed by atoms with Crippen molar-refractivity contribution in [3.8, 4) is 0 Å². The van der Waals surface area contributed by atoms with Crippen molar-refractivity contribution in [2.75, 3.05) is 5.73 Å². The zero-order valence-electron chi connectivity index (χ0n) is 18.3. The Morgan fingerprint density at radius 2 is 2.00 bits per heavy atom. The molecular weight excluding hydrogens is 412 g/mol. The fourth-order valence-electron chi connectivity index (χ4n) is 5.18. The van der Waals surface area contributed by atoms with Crippen LogP contribution in [0.4, 0.5) is 5.82 Å². The molecule has 0 radical (unpaired) electrons. The average molecular weight is 439 g/mol. The molecule has 6 rings (SSSR count). The van der Waals surface area contributed by atoms with Crippen LogP contribution in [0.15, 0.2) is 71.1 Å². The molecule has 2 aromatic heterocycles. The molecule has 1 saturated carbocycles. The first-order chi connectivity index (χ1) is 16.1. The van der Waals surface area contributed by atoms with Gasteiger partial charge in [-0.1, -0.05) is 36.5 Å². The summed E-state index contributed by atoms with van der Waals surface area (Å²) in [5, 5.41) is 0. The molecule has 1 aliphatic heterocycles. The largest absolute Gasteiger partial charge is 0.382 e. The molecule has 0 aromatic carbocycles. The van der Waals surface area contributed by atoms with Gasteiger partial charge in [0.2, 0.25) is 5.91 Å². The highest BCUT2D eigenvalue weighted by Gasteiger charge is 2.37. The van der Waals surface area contributed by atoms with Crippen molar-refractivity contribution in [1.82, 2.24) is 14.4 Å². The quantitative estimate of drug-likeness (QED) is 0.759. The Morgan fingerprint density at radius 1 is 1.12 bits per heavy atom. The summed E-state index contributed by atoms with van der Waals surface area (Å²) in [5.74, 6) is 1.26. The molecule has 7 heteroatoms. The maximum atomic E-state index is 11.5. The average Bonchev–Trinajstić information content (AvgIpc) is 3.18. The SMILES string of the molecule is Nc1nccn2c1c(C1=CC=C3C=CC(C4=CCCC=C4)=NC3C1)nc2[C@H]1C[C@H](C(N)=O)C1. The topological polar surface area (TPSA) is 112 Å². The monoisotopic (exact) mass is 438 g/mol. The number of carbonyl (C=O) groups excluding carboxylic acids is 1. The van der Waals surface area contributed by atoms with Crippen LogP contribution < -0.4 is 11.5 Å². The predicted molar refractivity (Wildman–Crippen MR) is 130 cm³/mol. The van der Waals surface area contributed by atoms with Crippen molar-refractivity contribution in [1.29, 1.82) is 0 Å². The second-order valence-electron chi connectivity index (χ2n) is 9.18. The highest BCUT2D eigenvalue weighted by Crippen LogP contribution is 2.43. The Labute approximate surface area is 192 Å². The van der Waals surface area contributed by atoms with Gasteiger partial charge in [-0.05, 0) is 48.5 Å². The molecule has 3 heterocycles. The zero-order valence-corrected chi connectivity index (χ0v) is 18.3. The summed E-state index contributed by atoms with van der Waals surface area (Å²) in [6.07, 6.45) is 23.1. The van der Waals surface area contributed by atoms with E-state index in [4.69, 9.17) is 21.4 Å². The second-order valence-corrected chi connectivity index (χ2v) is 9.18. The molecule has 0 spiro atoms. The Hall–Kier alpha value is -3.74. The molecule has 166 valence electrons. The third kappa shape index (κ3) is 3.35. The van der Waals surface area contributed by atoms with Gasteiger partial charge in [0, 0.05) is 30.7 Å². The van der Waals surface area contributed by atoms with E-state index in [0.29, 0.717) is 5.82 Å². The van der Waals surface area contributed by atoms with Gasteiger partial charge in [0.15, 0.2) is 0 Å². The normalized spacial score (nSPS) is 26.1. The summed E-state index contributed by atoms with van der Waals surface area (Å²) >= 11 is 0. The van der Waals surface area contributed by atoms with Gasteiger partial charge in [-0.2, -0.15) is 0 Å². The van der Waals surface area contributed by atoms with Gasteiger partial charge < -0.3 is 11.5 Å². The number of hydrogen-bond donors (Lipinski definition) is 2. The summed E-state index contributed by atoms with van der Waals surface area (Å²) in [5.41, 5.74) is 18.0. The number of amides is 1. The summed E-state index contributed by atoms with van der Waals surface area (Å²) in [6.45, 7) is 0. The molecule has 0 saturated heterocycles. The minimum Gasteiger partial charge on any atom is -0.382 e. The number of aromatic nitrogens is 3. The zero-order chi connectivity index (χ0) is 22.5. The lowest BCUT2D eigenvalue weighted by Crippen LogP contribution is -2.34. The van der Waals surface area contributed by atoms with Crippen LogP contribution in [0.2, 0.25) is 0 Å². The fraction of sp³-hybridized carbons (Fsp3) is 0.308. The van der Waals surface area contributed by atoms with E-state index in [1.165, 1.54) is 11.1 Å². The van der Waals surface area contributed by atoms with E-state index in [9.17, 15) is 4.79 Å². The van der Waals surface area contributed by atoms with E-state index < -0.39 is 0 Å². The van der Waals surface area contributed by atoms with Crippen molar-refractivity contribution in [2.45, 2.75) is 44.1 Å². The highest BCUT2D eigenvalue weighted by molar-refractivity contribution is 6.11. The molecule has 0 bridgehead atoms. The number of imidazole rings is 1. The molecule has 1 amide bonds. The lowest BCUT2D eigenvalue weighted by atomic mass is 9.74. The molecule has 1 fully saturated rings. The predicted octanol–water partition coefficient (Wildman–Crippen LogP) is 3.66. The number of dihydropyridines is 1. The van der Waals surface area contributed by atoms with Crippen LogP contribution in [0.3, 0.4) is 0 Å². The minimum absolute atomic E-state index is 0.0577. The first kappa shape index (κ1) is 19.9. The molecule has 7 nitrogen and oxygen atoms in total. The highest BCUT2D eigenvalue weighted by atomic mass is 16.1. The molecule has 4 N–H and O–H groups in total. The molecule has 3 aliphatic carbocycles. The summed E-state index contributed by atoms with van der Waals surface area (Å²) in [7, 11) is 0. The van der Waals surface area contributed by atoms with Crippen LogP contribution in [0.5, 0.6) is 0 Å². The fourth-order valence-corrected chi connectivity index (χ4v) is 5.18. The molecular formula is C26H26N6O. The van der Waals surface area contributed by atoms with Gasteiger partial charge in [0.25, 0.3) is 0 Å². The van der Waals surface area contributed by atoms with Crippen molar-refractivity contribution in [3.05, 3.63) is 77.6 Å². The molecule has 4 aliphatic rings. The summed E-state index contributed by atoms with van der Waals surface area (Å²) in [6, 6.07) is 0.0577. The Bertz CT molecular complexity index is 1350. The van der Waals surface area contributed by atoms with Crippen LogP contribution in [-0.2, 0) is 4.79 Å². The van der Waals surface area contributed by atoms with Crippen LogP contribution >= 0.6 is 0 Å². The second kappa shape index (κ2) is 7.69. The van der Waals surface area contributed by atoms with E-state index in [0.717, 1.165) is 60.4 Å². The first-order valence-corrected chi connectivity index (χ1v) is 11.5. The molecule has 1 atom stereocenters. The Morgan fingerprint density at radius 3 is 2.79 bits per heavy atom. The third-order valence-electron chi connectivity index (χ3n) is 7.11. The van der Waals surface area contributed by atoms with Gasteiger partial charge in [-0.3, -0.25) is 14.2 Å². The van der Waals surface area contributed by atoms with E-state index in [2.05, 4.69) is 47.5 Å². The number of hydrogen-bond acceptors (Lipinski definition) is 5. The van der Waals surface area contributed by atoms with Crippen molar-refractivity contribution < 1.29 is 4.79 Å². The van der Waals surface area contributed by atoms with E-state index in [-0.39, 0.29) is 23.8 Å². The number of carbonyl (C=O) groups is 1. The number of nitrogens with zero attached hydrogens (tertiary/aromatic N) is 4. The lowest BCUT2D eigenvalue weighted by molar-refractivity contribution is -0.124. The Kier molecular flexibility index (Phi) is 4.64. The van der Waals surface area contributed by atoms with Crippen LogP contribution in [0.1, 0.15) is 49.5 Å². The maximum absolute atomic E-state index is 11.5. The van der Waals surface area contributed by atoms with Gasteiger partial charge in [0.1, 0.15) is 17.2 Å². The van der Waals surface area contributed by atoms with Crippen molar-refractivity contribution in [2.24, 2.45) is 16.6 Å². The van der Waals surface area contributed by atoms with E-state index >= 15 is 0 Å². The molecule has 2 aromatic rings.